The molecule has 1 amide bonds. The minimum Gasteiger partial charge on any atom is -0.481 e. The van der Waals surface area contributed by atoms with Crippen LogP contribution < -0.4 is 10.1 Å². The van der Waals surface area contributed by atoms with Crippen molar-refractivity contribution in [3.05, 3.63) is 42.5 Å². The highest BCUT2D eigenvalue weighted by atomic mass is 16.5. The minimum absolute atomic E-state index is 0.166. The molecule has 0 fully saturated rings. The molecule has 0 saturated carbocycles. The number of rotatable bonds is 6. The lowest BCUT2D eigenvalue weighted by molar-refractivity contribution is -0.127. The standard InChI is InChI=1S/C14H16N2O2/c1-3-4-9-16-14(17)11(2)18-13-7-5-12(10-15)6-8-13/h3,5-8,11H,1,4,9H2,2H3,(H,16,17). The van der Waals surface area contributed by atoms with E-state index in [2.05, 4.69) is 11.9 Å². The maximum atomic E-state index is 11.6. The highest BCUT2D eigenvalue weighted by Gasteiger charge is 2.13. The maximum absolute atomic E-state index is 11.6. The maximum Gasteiger partial charge on any atom is 0.260 e. The zero-order chi connectivity index (χ0) is 13.4. The van der Waals surface area contributed by atoms with E-state index in [1.165, 1.54) is 0 Å². The molecule has 1 unspecified atom stereocenters. The predicted octanol–water partition coefficient (Wildman–Crippen LogP) is 2.02. The first-order valence-corrected chi connectivity index (χ1v) is 5.72. The summed E-state index contributed by atoms with van der Waals surface area (Å²) in [6.07, 6.45) is 1.91. The van der Waals surface area contributed by atoms with E-state index in [0.717, 1.165) is 6.42 Å². The SMILES string of the molecule is C=CCCNC(=O)C(C)Oc1ccc(C#N)cc1. The number of carbonyl (C=O) groups excluding carboxylic acids is 1. The normalized spacial score (nSPS) is 11.1. The lowest BCUT2D eigenvalue weighted by Crippen LogP contribution is -2.36. The summed E-state index contributed by atoms with van der Waals surface area (Å²) in [6, 6.07) is 8.67. The molecule has 0 radical (unpaired) electrons. The average Bonchev–Trinajstić information content (AvgIpc) is 2.39. The van der Waals surface area contributed by atoms with Crippen molar-refractivity contribution < 1.29 is 9.53 Å². The van der Waals surface area contributed by atoms with Gasteiger partial charge in [0.2, 0.25) is 0 Å². The van der Waals surface area contributed by atoms with Crippen LogP contribution in [0.1, 0.15) is 18.9 Å². The number of hydrogen-bond acceptors (Lipinski definition) is 3. The Hall–Kier alpha value is -2.28. The van der Waals surface area contributed by atoms with Crippen LogP contribution >= 0.6 is 0 Å². The lowest BCUT2D eigenvalue weighted by atomic mass is 10.2. The van der Waals surface area contributed by atoms with Crippen LogP contribution in [0.4, 0.5) is 0 Å². The number of amides is 1. The van der Waals surface area contributed by atoms with E-state index < -0.39 is 6.10 Å². The number of nitrogens with one attached hydrogen (secondary N) is 1. The van der Waals surface area contributed by atoms with Crippen molar-refractivity contribution in [2.45, 2.75) is 19.4 Å². The van der Waals surface area contributed by atoms with Gasteiger partial charge in [-0.1, -0.05) is 6.08 Å². The summed E-state index contributed by atoms with van der Waals surface area (Å²) >= 11 is 0. The second-order valence-corrected chi connectivity index (χ2v) is 3.76. The molecular formula is C14H16N2O2. The molecule has 1 aromatic rings. The molecule has 0 bridgehead atoms. The Bertz CT molecular complexity index is 446. The van der Waals surface area contributed by atoms with E-state index in [1.54, 1.807) is 37.3 Å². The molecule has 0 saturated heterocycles. The molecule has 0 heterocycles. The number of hydrogen-bond donors (Lipinski definition) is 1. The molecular weight excluding hydrogens is 228 g/mol. The van der Waals surface area contributed by atoms with Crippen LogP contribution in [-0.2, 0) is 4.79 Å². The predicted molar refractivity (Wildman–Crippen MR) is 69.1 cm³/mol. The van der Waals surface area contributed by atoms with Gasteiger partial charge < -0.3 is 10.1 Å². The largest absolute Gasteiger partial charge is 0.481 e. The van der Waals surface area contributed by atoms with Gasteiger partial charge in [0.25, 0.3) is 5.91 Å². The molecule has 1 aromatic carbocycles. The zero-order valence-corrected chi connectivity index (χ0v) is 10.3. The highest BCUT2D eigenvalue weighted by Crippen LogP contribution is 2.13. The monoisotopic (exact) mass is 244 g/mol. The van der Waals surface area contributed by atoms with Crippen LogP contribution in [0.25, 0.3) is 0 Å². The van der Waals surface area contributed by atoms with E-state index in [0.29, 0.717) is 17.9 Å². The number of nitriles is 1. The van der Waals surface area contributed by atoms with Gasteiger partial charge in [0, 0.05) is 6.54 Å². The van der Waals surface area contributed by atoms with Gasteiger partial charge in [0.05, 0.1) is 11.6 Å². The second-order valence-electron chi connectivity index (χ2n) is 3.76. The summed E-state index contributed by atoms with van der Waals surface area (Å²) in [5, 5.41) is 11.4. The van der Waals surface area contributed by atoms with E-state index >= 15 is 0 Å². The van der Waals surface area contributed by atoms with Crippen molar-refractivity contribution in [3.63, 3.8) is 0 Å². The van der Waals surface area contributed by atoms with Crippen molar-refractivity contribution >= 4 is 5.91 Å². The smallest absolute Gasteiger partial charge is 0.260 e. The van der Waals surface area contributed by atoms with Crippen molar-refractivity contribution in [2.24, 2.45) is 0 Å². The Labute approximate surface area is 107 Å². The number of nitrogens with zero attached hydrogens (tertiary/aromatic N) is 1. The minimum atomic E-state index is -0.567. The van der Waals surface area contributed by atoms with E-state index in [-0.39, 0.29) is 5.91 Å². The molecule has 0 aliphatic rings. The van der Waals surface area contributed by atoms with Crippen LogP contribution in [0.2, 0.25) is 0 Å². The fourth-order valence-corrected chi connectivity index (χ4v) is 1.31. The van der Waals surface area contributed by atoms with E-state index in [4.69, 9.17) is 10.00 Å². The molecule has 4 nitrogen and oxygen atoms in total. The van der Waals surface area contributed by atoms with Crippen molar-refractivity contribution in [1.82, 2.24) is 5.32 Å². The van der Waals surface area contributed by atoms with Crippen LogP contribution in [0, 0.1) is 11.3 Å². The Morgan fingerprint density at radius 1 is 1.56 bits per heavy atom. The third-order valence-electron chi connectivity index (χ3n) is 2.31. The molecule has 0 aromatic heterocycles. The first-order valence-electron chi connectivity index (χ1n) is 5.72. The van der Waals surface area contributed by atoms with Gasteiger partial charge in [-0.2, -0.15) is 5.26 Å². The third kappa shape index (κ3) is 4.30. The fourth-order valence-electron chi connectivity index (χ4n) is 1.31. The zero-order valence-electron chi connectivity index (χ0n) is 10.3. The molecule has 18 heavy (non-hydrogen) atoms. The summed E-state index contributed by atoms with van der Waals surface area (Å²) in [4.78, 5) is 11.6. The van der Waals surface area contributed by atoms with Gasteiger partial charge in [-0.15, -0.1) is 6.58 Å². The lowest BCUT2D eigenvalue weighted by Gasteiger charge is -2.14. The third-order valence-corrected chi connectivity index (χ3v) is 2.31. The van der Waals surface area contributed by atoms with Crippen molar-refractivity contribution in [1.29, 1.82) is 5.26 Å². The van der Waals surface area contributed by atoms with Gasteiger partial charge in [-0.05, 0) is 37.6 Å². The summed E-state index contributed by atoms with van der Waals surface area (Å²) < 4.78 is 5.46. The first-order chi connectivity index (χ1) is 8.67. The van der Waals surface area contributed by atoms with Crippen molar-refractivity contribution in [3.8, 4) is 11.8 Å². The molecule has 94 valence electrons. The van der Waals surface area contributed by atoms with Crippen molar-refractivity contribution in [2.75, 3.05) is 6.54 Å². The molecule has 0 spiro atoms. The molecule has 1 rings (SSSR count). The molecule has 0 aliphatic heterocycles. The van der Waals surface area contributed by atoms with E-state index in [9.17, 15) is 4.79 Å². The fraction of sp³-hybridized carbons (Fsp3) is 0.286. The summed E-state index contributed by atoms with van der Waals surface area (Å²) in [5.74, 6) is 0.404. The Balaban J connectivity index is 2.47. The molecule has 4 heteroatoms. The van der Waals surface area contributed by atoms with Gasteiger partial charge in [0.15, 0.2) is 6.10 Å². The summed E-state index contributed by atoms with van der Waals surface area (Å²) in [5.41, 5.74) is 0.561. The molecule has 1 atom stereocenters. The Morgan fingerprint density at radius 2 is 2.22 bits per heavy atom. The second kappa shape index (κ2) is 7.13. The Morgan fingerprint density at radius 3 is 2.78 bits per heavy atom. The first kappa shape index (κ1) is 13.8. The highest BCUT2D eigenvalue weighted by molar-refractivity contribution is 5.80. The van der Waals surface area contributed by atoms with Crippen LogP contribution in [0.3, 0.4) is 0 Å². The van der Waals surface area contributed by atoms with Crippen LogP contribution in [-0.4, -0.2) is 18.6 Å². The molecule has 1 N–H and O–H groups in total. The van der Waals surface area contributed by atoms with Gasteiger partial charge >= 0.3 is 0 Å². The molecule has 0 aliphatic carbocycles. The van der Waals surface area contributed by atoms with Gasteiger partial charge in [-0.3, -0.25) is 4.79 Å². The van der Waals surface area contributed by atoms with E-state index in [1.807, 2.05) is 6.07 Å². The van der Waals surface area contributed by atoms with Crippen LogP contribution in [0.5, 0.6) is 5.75 Å². The number of benzene rings is 1. The topological polar surface area (TPSA) is 62.1 Å². The Kier molecular flexibility index (Phi) is 5.46. The number of carbonyl (C=O) groups is 1. The van der Waals surface area contributed by atoms with Gasteiger partial charge in [-0.25, -0.2) is 0 Å². The van der Waals surface area contributed by atoms with Crippen LogP contribution in [0.15, 0.2) is 36.9 Å². The summed E-state index contributed by atoms with van der Waals surface area (Å²) in [6.45, 7) is 5.82. The summed E-state index contributed by atoms with van der Waals surface area (Å²) in [7, 11) is 0. The van der Waals surface area contributed by atoms with Gasteiger partial charge in [0.1, 0.15) is 5.75 Å². The quantitative estimate of drug-likeness (QED) is 0.615. The average molecular weight is 244 g/mol. The number of ether oxygens (including phenoxy) is 1.